The van der Waals surface area contributed by atoms with Crippen LogP contribution >= 0.6 is 0 Å². The van der Waals surface area contributed by atoms with Gasteiger partial charge in [0.15, 0.2) is 11.6 Å². The fourth-order valence-electron chi connectivity index (χ4n) is 3.60. The number of nitrogens with zero attached hydrogens (tertiary/aromatic N) is 2. The van der Waals surface area contributed by atoms with Crippen LogP contribution in [0, 0.1) is 23.4 Å². The summed E-state index contributed by atoms with van der Waals surface area (Å²) < 4.78 is 45.1. The van der Waals surface area contributed by atoms with E-state index in [1.807, 2.05) is 4.90 Å². The third-order valence-corrected chi connectivity index (χ3v) is 5.39. The van der Waals surface area contributed by atoms with Crippen LogP contribution in [-0.2, 0) is 6.54 Å². The Hall–Kier alpha value is -3.75. The summed E-state index contributed by atoms with van der Waals surface area (Å²) >= 11 is 0. The van der Waals surface area contributed by atoms with Gasteiger partial charge in [-0.15, -0.1) is 0 Å². The zero-order valence-electron chi connectivity index (χ0n) is 17.7. The molecule has 0 radical (unpaired) electrons. The maximum absolute atomic E-state index is 13.5. The first kappa shape index (κ1) is 22.4. The Morgan fingerprint density at radius 2 is 1.85 bits per heavy atom. The number of carbonyl (C=O) groups excluding carboxylic acids is 1. The fourth-order valence-corrected chi connectivity index (χ4v) is 3.60. The largest absolute Gasteiger partial charge is 0.439 e. The molecule has 1 saturated heterocycles. The van der Waals surface area contributed by atoms with E-state index in [0.29, 0.717) is 37.0 Å². The summed E-state index contributed by atoms with van der Waals surface area (Å²) in [5.41, 5.74) is 1.43. The number of rotatable bonds is 7. The van der Waals surface area contributed by atoms with E-state index in [0.717, 1.165) is 24.6 Å². The molecule has 1 aliphatic heterocycles. The highest BCUT2D eigenvalue weighted by molar-refractivity contribution is 5.73. The number of hydrogen-bond acceptors (Lipinski definition) is 4. The van der Waals surface area contributed by atoms with E-state index < -0.39 is 11.6 Å². The molecule has 0 saturated carbocycles. The number of halogens is 3. The molecule has 33 heavy (non-hydrogen) atoms. The molecule has 3 aromatic rings. The maximum atomic E-state index is 13.5. The molecule has 1 aromatic heterocycles. The van der Waals surface area contributed by atoms with Crippen LogP contribution in [0.1, 0.15) is 12.0 Å². The molecule has 0 spiro atoms. The monoisotopic (exact) mass is 456 g/mol. The summed E-state index contributed by atoms with van der Waals surface area (Å²) in [6.45, 7) is 2.15. The second-order valence-corrected chi connectivity index (χ2v) is 7.82. The van der Waals surface area contributed by atoms with Gasteiger partial charge in [0.1, 0.15) is 11.6 Å². The topological polar surface area (TPSA) is 66.5 Å². The predicted octanol–water partition coefficient (Wildman–Crippen LogP) is 4.62. The zero-order chi connectivity index (χ0) is 23.2. The summed E-state index contributed by atoms with van der Waals surface area (Å²) in [6.07, 6.45) is 2.44. The normalized spacial score (nSPS) is 15.4. The van der Waals surface area contributed by atoms with Crippen LogP contribution in [-0.4, -0.2) is 30.6 Å². The quantitative estimate of drug-likeness (QED) is 0.545. The van der Waals surface area contributed by atoms with Crippen molar-refractivity contribution in [1.82, 2.24) is 15.6 Å². The highest BCUT2D eigenvalue weighted by Crippen LogP contribution is 2.25. The minimum Gasteiger partial charge on any atom is -0.439 e. The van der Waals surface area contributed by atoms with Gasteiger partial charge in [0, 0.05) is 50.2 Å². The molecule has 2 N–H and O–H groups in total. The van der Waals surface area contributed by atoms with Gasteiger partial charge in [-0.25, -0.2) is 22.9 Å². The SMILES string of the molecule is O=C(NCc1ccc(Oc2ccc(F)cc2)nc1)NCC1CCN(c2ccc(F)c(F)c2)C1. The van der Waals surface area contributed by atoms with Gasteiger partial charge in [-0.3, -0.25) is 0 Å². The van der Waals surface area contributed by atoms with Crippen LogP contribution < -0.4 is 20.3 Å². The van der Waals surface area contributed by atoms with Crippen LogP contribution in [0.5, 0.6) is 11.6 Å². The maximum Gasteiger partial charge on any atom is 0.315 e. The van der Waals surface area contributed by atoms with Gasteiger partial charge in [0.25, 0.3) is 0 Å². The van der Waals surface area contributed by atoms with Crippen molar-refractivity contribution < 1.29 is 22.7 Å². The number of pyridine rings is 1. The average molecular weight is 456 g/mol. The lowest BCUT2D eigenvalue weighted by atomic mass is 10.1. The average Bonchev–Trinajstić information content (AvgIpc) is 3.30. The highest BCUT2D eigenvalue weighted by atomic mass is 19.2. The van der Waals surface area contributed by atoms with Gasteiger partial charge < -0.3 is 20.3 Å². The van der Waals surface area contributed by atoms with Gasteiger partial charge in [-0.1, -0.05) is 6.07 Å². The van der Waals surface area contributed by atoms with E-state index >= 15 is 0 Å². The molecule has 1 aliphatic rings. The third-order valence-electron chi connectivity index (χ3n) is 5.39. The van der Waals surface area contributed by atoms with Gasteiger partial charge in [-0.05, 0) is 54.3 Å². The van der Waals surface area contributed by atoms with Gasteiger partial charge >= 0.3 is 6.03 Å². The Labute approximate surface area is 189 Å². The minimum atomic E-state index is -0.863. The predicted molar refractivity (Wildman–Crippen MR) is 118 cm³/mol. The number of urea groups is 1. The second-order valence-electron chi connectivity index (χ2n) is 7.82. The smallest absolute Gasteiger partial charge is 0.315 e. The van der Waals surface area contributed by atoms with Gasteiger partial charge in [-0.2, -0.15) is 0 Å². The molecule has 0 bridgehead atoms. The lowest BCUT2D eigenvalue weighted by molar-refractivity contribution is 0.239. The van der Waals surface area contributed by atoms with Crippen molar-refractivity contribution in [2.75, 3.05) is 24.5 Å². The van der Waals surface area contributed by atoms with Gasteiger partial charge in [0.05, 0.1) is 0 Å². The molecule has 2 amide bonds. The number of nitrogens with one attached hydrogen (secondary N) is 2. The van der Waals surface area contributed by atoms with E-state index in [2.05, 4.69) is 15.6 Å². The van der Waals surface area contributed by atoms with Crippen molar-refractivity contribution in [2.24, 2.45) is 5.92 Å². The van der Waals surface area contributed by atoms with Crippen molar-refractivity contribution >= 4 is 11.7 Å². The number of amides is 2. The van der Waals surface area contributed by atoms with Crippen molar-refractivity contribution in [3.63, 3.8) is 0 Å². The number of carbonyl (C=O) groups is 1. The number of aromatic nitrogens is 1. The number of benzene rings is 2. The Morgan fingerprint density at radius 3 is 2.58 bits per heavy atom. The lowest BCUT2D eigenvalue weighted by Gasteiger charge is -2.19. The lowest BCUT2D eigenvalue weighted by Crippen LogP contribution is -2.38. The minimum absolute atomic E-state index is 0.216. The van der Waals surface area contributed by atoms with Gasteiger partial charge in [0.2, 0.25) is 5.88 Å². The summed E-state index contributed by atoms with van der Waals surface area (Å²) in [5, 5.41) is 5.63. The van der Waals surface area contributed by atoms with Crippen molar-refractivity contribution in [1.29, 1.82) is 0 Å². The van der Waals surface area contributed by atoms with E-state index in [1.165, 1.54) is 30.3 Å². The van der Waals surface area contributed by atoms with E-state index in [4.69, 9.17) is 4.74 Å². The molecule has 2 aromatic carbocycles. The van der Waals surface area contributed by atoms with Crippen LogP contribution in [0.25, 0.3) is 0 Å². The van der Waals surface area contributed by atoms with Crippen molar-refractivity contribution in [2.45, 2.75) is 13.0 Å². The first-order chi connectivity index (χ1) is 16.0. The zero-order valence-corrected chi connectivity index (χ0v) is 17.7. The number of hydrogen-bond donors (Lipinski definition) is 2. The summed E-state index contributed by atoms with van der Waals surface area (Å²) in [6, 6.07) is 12.7. The molecule has 1 atom stereocenters. The fraction of sp³-hybridized carbons (Fsp3) is 0.250. The molecule has 1 unspecified atom stereocenters. The molecular formula is C24H23F3N4O2. The number of ether oxygens (including phenoxy) is 1. The Balaban J connectivity index is 1.18. The van der Waals surface area contributed by atoms with Crippen LogP contribution in [0.15, 0.2) is 60.8 Å². The molecular weight excluding hydrogens is 433 g/mol. The van der Waals surface area contributed by atoms with E-state index in [1.54, 1.807) is 24.4 Å². The molecule has 172 valence electrons. The first-order valence-electron chi connectivity index (χ1n) is 10.6. The van der Waals surface area contributed by atoms with Crippen LogP contribution in [0.4, 0.5) is 23.7 Å². The molecule has 6 nitrogen and oxygen atoms in total. The summed E-state index contributed by atoms with van der Waals surface area (Å²) in [5.74, 6) is -1.01. The highest BCUT2D eigenvalue weighted by Gasteiger charge is 2.23. The molecule has 0 aliphatic carbocycles. The Bertz CT molecular complexity index is 1090. The van der Waals surface area contributed by atoms with E-state index in [9.17, 15) is 18.0 Å². The second kappa shape index (κ2) is 10.2. The van der Waals surface area contributed by atoms with Crippen molar-refractivity contribution in [3.8, 4) is 11.6 Å². The summed E-state index contributed by atoms with van der Waals surface area (Å²) in [7, 11) is 0. The Kier molecular flexibility index (Phi) is 6.97. The molecule has 1 fully saturated rings. The summed E-state index contributed by atoms with van der Waals surface area (Å²) in [4.78, 5) is 18.3. The Morgan fingerprint density at radius 1 is 1.03 bits per heavy atom. The van der Waals surface area contributed by atoms with E-state index in [-0.39, 0.29) is 17.8 Å². The van der Waals surface area contributed by atoms with Crippen molar-refractivity contribution in [3.05, 3.63) is 83.8 Å². The molecule has 9 heteroatoms. The molecule has 4 rings (SSSR count). The molecule has 2 heterocycles. The first-order valence-corrected chi connectivity index (χ1v) is 10.6. The third kappa shape index (κ3) is 6.15. The number of anilines is 1. The van der Waals surface area contributed by atoms with Crippen LogP contribution in [0.3, 0.4) is 0 Å². The van der Waals surface area contributed by atoms with Crippen LogP contribution in [0.2, 0.25) is 0 Å². The standard InChI is InChI=1S/C24H23F3N4O2/c25-18-2-5-20(6-3-18)33-23-8-1-16(12-28-23)13-29-24(32)30-14-17-9-10-31(15-17)19-4-7-21(26)22(27)11-19/h1-8,11-12,17H,9-10,13-15H2,(H2,29,30,32).